The van der Waals surface area contributed by atoms with E-state index in [9.17, 15) is 0 Å². The van der Waals surface area contributed by atoms with E-state index in [0.717, 1.165) is 17.8 Å². The van der Waals surface area contributed by atoms with Crippen LogP contribution in [0.1, 0.15) is 58.2 Å². The second-order valence-corrected chi connectivity index (χ2v) is 15.9. The van der Waals surface area contributed by atoms with Crippen LogP contribution in [0.25, 0.3) is 16.7 Å². The third kappa shape index (κ3) is 4.90. The predicted octanol–water partition coefficient (Wildman–Crippen LogP) is 13.4. The summed E-state index contributed by atoms with van der Waals surface area (Å²) in [6.07, 6.45) is 8.51. The molecule has 0 fully saturated rings. The third-order valence-electron chi connectivity index (χ3n) is 13.1. The summed E-state index contributed by atoms with van der Waals surface area (Å²) >= 11 is 0. The summed E-state index contributed by atoms with van der Waals surface area (Å²) in [6, 6.07) is 67.7. The second kappa shape index (κ2) is 13.2. The first-order chi connectivity index (χ1) is 28.2. The molecule has 0 N–H and O–H groups in total. The zero-order valence-electron chi connectivity index (χ0n) is 32.4. The molecule has 0 saturated heterocycles. The van der Waals surface area contributed by atoms with Crippen LogP contribution in [0.5, 0.6) is 0 Å². The van der Waals surface area contributed by atoms with Crippen molar-refractivity contribution in [1.29, 1.82) is 0 Å². The monoisotopic (exact) mass is 732 g/mol. The molecule has 3 unspecified atom stereocenters. The fourth-order valence-electron chi connectivity index (χ4n) is 10.8. The van der Waals surface area contributed by atoms with E-state index in [1.54, 1.807) is 0 Å². The quantitative estimate of drug-likeness (QED) is 0.161. The van der Waals surface area contributed by atoms with Crippen molar-refractivity contribution in [3.05, 3.63) is 251 Å². The van der Waals surface area contributed by atoms with Crippen molar-refractivity contribution in [1.82, 2.24) is 0 Å². The van der Waals surface area contributed by atoms with Crippen LogP contribution in [0, 0.1) is 12.8 Å². The van der Waals surface area contributed by atoms with Gasteiger partial charge in [-0.15, -0.1) is 0 Å². The Morgan fingerprint density at radius 3 is 1.91 bits per heavy atom. The fourth-order valence-corrected chi connectivity index (χ4v) is 10.8. The van der Waals surface area contributed by atoms with Gasteiger partial charge in [-0.1, -0.05) is 171 Å². The first kappa shape index (κ1) is 33.7. The molecule has 7 aromatic carbocycles. The zero-order valence-corrected chi connectivity index (χ0v) is 32.4. The summed E-state index contributed by atoms with van der Waals surface area (Å²) in [4.78, 5) is 5.17. The first-order valence-corrected chi connectivity index (χ1v) is 20.5. The SMILES string of the molecule is CCC1C2=C(c3ccccc3C)C3C=C(N(c4ccccc4)c4ccc5c(c4)C(c4ccccc4)(c4ccccc4)c4ccccc4-5)C=CC3N2c2ccccc21. The predicted molar refractivity (Wildman–Crippen MR) is 237 cm³/mol. The van der Waals surface area contributed by atoms with Gasteiger partial charge in [-0.2, -0.15) is 0 Å². The molecule has 0 aromatic heterocycles. The summed E-state index contributed by atoms with van der Waals surface area (Å²) in [6.45, 7) is 4.62. The third-order valence-corrected chi connectivity index (χ3v) is 13.1. The molecule has 4 aliphatic rings. The van der Waals surface area contributed by atoms with Gasteiger partial charge in [-0.05, 0) is 105 Å². The molecule has 0 spiro atoms. The summed E-state index contributed by atoms with van der Waals surface area (Å²) < 4.78 is 0. The van der Waals surface area contributed by atoms with Gasteiger partial charge in [0.25, 0.3) is 0 Å². The Morgan fingerprint density at radius 1 is 0.579 bits per heavy atom. The number of hydrogen-bond donors (Lipinski definition) is 0. The van der Waals surface area contributed by atoms with E-state index in [1.807, 2.05) is 0 Å². The van der Waals surface area contributed by atoms with Crippen molar-refractivity contribution in [3.63, 3.8) is 0 Å². The number of aryl methyl sites for hydroxylation is 1. The molecule has 2 nitrogen and oxygen atoms in total. The van der Waals surface area contributed by atoms with Gasteiger partial charge in [0.05, 0.1) is 11.5 Å². The number of rotatable bonds is 7. The molecule has 3 atom stereocenters. The smallest absolute Gasteiger partial charge is 0.0714 e. The number of anilines is 3. The number of nitrogens with zero attached hydrogens (tertiary/aromatic N) is 2. The summed E-state index contributed by atoms with van der Waals surface area (Å²) in [5.41, 5.74) is 19.2. The van der Waals surface area contributed by atoms with Gasteiger partial charge in [0.1, 0.15) is 0 Å². The summed E-state index contributed by atoms with van der Waals surface area (Å²) in [7, 11) is 0. The minimum atomic E-state index is -0.476. The molecule has 0 radical (unpaired) electrons. The van der Waals surface area contributed by atoms with Crippen LogP contribution >= 0.6 is 0 Å². The van der Waals surface area contributed by atoms with Gasteiger partial charge in [0, 0.05) is 40.3 Å². The minimum Gasteiger partial charge on any atom is -0.336 e. The van der Waals surface area contributed by atoms with E-state index in [1.165, 1.54) is 72.7 Å². The molecule has 57 heavy (non-hydrogen) atoms. The van der Waals surface area contributed by atoms with Crippen molar-refractivity contribution in [2.24, 2.45) is 5.92 Å². The highest BCUT2D eigenvalue weighted by molar-refractivity contribution is 5.91. The van der Waals surface area contributed by atoms with Gasteiger partial charge >= 0.3 is 0 Å². The Hall–Kier alpha value is -6.64. The highest BCUT2D eigenvalue weighted by Crippen LogP contribution is 2.59. The Bertz CT molecular complexity index is 2720. The lowest BCUT2D eigenvalue weighted by Crippen LogP contribution is -2.33. The standard InChI is InChI=1S/C55H44N2/c1-3-43-47-28-16-18-30-51(47)57-52-34-32-41(35-48(52)53(54(43)57)44-26-14-13-19-37(44)2)56(40-24-11-6-12-25-40)42-31-33-46-45-27-15-17-29-49(45)55(50(46)36-42,38-20-7-4-8-21-38)39-22-9-5-10-23-39/h4-36,43,48,52H,3H2,1-2H3. The molecule has 11 rings (SSSR count). The number of hydrogen-bond acceptors (Lipinski definition) is 2. The highest BCUT2D eigenvalue weighted by atomic mass is 15.2. The lowest BCUT2D eigenvalue weighted by atomic mass is 9.67. The first-order valence-electron chi connectivity index (χ1n) is 20.5. The van der Waals surface area contributed by atoms with Gasteiger partial charge in [-0.25, -0.2) is 0 Å². The number of para-hydroxylation sites is 2. The normalized spacial score (nSPS) is 19.4. The molecule has 2 heterocycles. The van der Waals surface area contributed by atoms with Gasteiger partial charge in [0.15, 0.2) is 0 Å². The van der Waals surface area contributed by atoms with Crippen LogP contribution in [0.4, 0.5) is 17.1 Å². The van der Waals surface area contributed by atoms with E-state index in [0.29, 0.717) is 5.92 Å². The molecule has 2 aliphatic heterocycles. The van der Waals surface area contributed by atoms with Crippen LogP contribution in [0.2, 0.25) is 0 Å². The van der Waals surface area contributed by atoms with Gasteiger partial charge in [0.2, 0.25) is 0 Å². The summed E-state index contributed by atoms with van der Waals surface area (Å²) in [5.74, 6) is 0.542. The van der Waals surface area contributed by atoms with E-state index in [2.05, 4.69) is 224 Å². The lowest BCUT2D eigenvalue weighted by molar-refractivity contribution is 0.692. The number of fused-ring (bicyclic) bond motifs is 8. The van der Waals surface area contributed by atoms with Crippen LogP contribution in [0.3, 0.4) is 0 Å². The fraction of sp³-hybridized carbons (Fsp3) is 0.127. The van der Waals surface area contributed by atoms with Crippen LogP contribution < -0.4 is 9.80 Å². The van der Waals surface area contributed by atoms with E-state index < -0.39 is 5.41 Å². The maximum atomic E-state index is 2.67. The highest BCUT2D eigenvalue weighted by Gasteiger charge is 2.49. The van der Waals surface area contributed by atoms with Crippen LogP contribution in [-0.2, 0) is 5.41 Å². The average molecular weight is 733 g/mol. The molecule has 274 valence electrons. The molecule has 2 aliphatic carbocycles. The van der Waals surface area contributed by atoms with Crippen LogP contribution in [0.15, 0.2) is 212 Å². The summed E-state index contributed by atoms with van der Waals surface area (Å²) in [5, 5.41) is 0. The minimum absolute atomic E-state index is 0.182. The van der Waals surface area contributed by atoms with Crippen molar-refractivity contribution < 1.29 is 0 Å². The second-order valence-electron chi connectivity index (χ2n) is 15.9. The molecular weight excluding hydrogens is 689 g/mol. The zero-order chi connectivity index (χ0) is 38.1. The van der Waals surface area contributed by atoms with Crippen molar-refractivity contribution in [2.75, 3.05) is 9.80 Å². The largest absolute Gasteiger partial charge is 0.336 e. The Balaban J connectivity index is 1.13. The Labute approximate surface area is 336 Å². The van der Waals surface area contributed by atoms with Crippen LogP contribution in [-0.4, -0.2) is 6.04 Å². The average Bonchev–Trinajstić information content (AvgIpc) is 3.88. The maximum Gasteiger partial charge on any atom is 0.0714 e. The van der Waals surface area contributed by atoms with Crippen molar-refractivity contribution in [2.45, 2.75) is 37.6 Å². The number of benzene rings is 7. The van der Waals surface area contributed by atoms with E-state index >= 15 is 0 Å². The van der Waals surface area contributed by atoms with Gasteiger partial charge < -0.3 is 9.80 Å². The lowest BCUT2D eigenvalue weighted by Gasteiger charge is -2.36. The molecule has 0 bridgehead atoms. The molecule has 7 aromatic rings. The van der Waals surface area contributed by atoms with E-state index in [4.69, 9.17) is 0 Å². The molecular formula is C55H44N2. The Morgan fingerprint density at radius 2 is 1.19 bits per heavy atom. The molecule has 0 amide bonds. The van der Waals surface area contributed by atoms with Gasteiger partial charge in [-0.3, -0.25) is 0 Å². The number of allylic oxidation sites excluding steroid dienone is 2. The van der Waals surface area contributed by atoms with E-state index in [-0.39, 0.29) is 12.0 Å². The molecule has 2 heteroatoms. The topological polar surface area (TPSA) is 6.48 Å². The van der Waals surface area contributed by atoms with Crippen molar-refractivity contribution in [3.8, 4) is 11.1 Å². The Kier molecular flexibility index (Phi) is 7.83. The van der Waals surface area contributed by atoms with Crippen molar-refractivity contribution >= 4 is 22.6 Å². The maximum absolute atomic E-state index is 2.67. The molecule has 0 saturated carbocycles.